The smallest absolute Gasteiger partial charge is 0.327 e. The van der Waals surface area contributed by atoms with Crippen molar-refractivity contribution in [3.05, 3.63) is 38.7 Å². The summed E-state index contributed by atoms with van der Waals surface area (Å²) in [5.74, 6) is -3.50. The number of hydrogen-bond donors (Lipinski definition) is 2. The highest BCUT2D eigenvalue weighted by Gasteiger charge is 2.41. The second-order valence-corrected chi connectivity index (χ2v) is 7.13. The molecule has 0 bridgehead atoms. The van der Waals surface area contributed by atoms with Gasteiger partial charge in [0.2, 0.25) is 0 Å². The first-order valence-electron chi connectivity index (χ1n) is 6.38. The van der Waals surface area contributed by atoms with Crippen molar-refractivity contribution in [2.24, 2.45) is 0 Å². The van der Waals surface area contributed by atoms with Crippen LogP contribution in [0.5, 0.6) is 0 Å². The molecule has 1 unspecified atom stereocenters. The molecule has 6 nitrogen and oxygen atoms in total. The number of carboxylic acid groups (broad SMARTS) is 2. The Bertz CT molecular complexity index is 760. The van der Waals surface area contributed by atoms with Gasteiger partial charge in [0.1, 0.15) is 10.4 Å². The normalized spacial score (nSPS) is 17.4. The molecule has 0 aromatic heterocycles. The molecule has 2 N–H and O–H groups in total. The Balaban J connectivity index is 2.39. The van der Waals surface area contributed by atoms with Gasteiger partial charge in [-0.25, -0.2) is 4.79 Å². The first-order chi connectivity index (χ1) is 11.2. The van der Waals surface area contributed by atoms with Crippen molar-refractivity contribution < 1.29 is 24.6 Å². The zero-order valence-corrected chi connectivity index (χ0v) is 14.9. The van der Waals surface area contributed by atoms with E-state index in [0.29, 0.717) is 15.6 Å². The lowest BCUT2D eigenvalue weighted by atomic mass is 10.1. The van der Waals surface area contributed by atoms with Crippen molar-refractivity contribution in [1.82, 2.24) is 4.90 Å². The summed E-state index contributed by atoms with van der Waals surface area (Å²) in [5.41, 5.74) is 0.395. The van der Waals surface area contributed by atoms with Crippen LogP contribution in [0.1, 0.15) is 12.0 Å². The van der Waals surface area contributed by atoms with Crippen molar-refractivity contribution in [2.45, 2.75) is 12.5 Å². The number of hydrogen-bond acceptors (Lipinski definition) is 5. The second-order valence-electron chi connectivity index (χ2n) is 4.64. The number of carbonyl (C=O) groups is 3. The van der Waals surface area contributed by atoms with E-state index in [-0.39, 0.29) is 9.23 Å². The predicted molar refractivity (Wildman–Crippen MR) is 95.2 cm³/mol. The van der Waals surface area contributed by atoms with E-state index in [1.807, 2.05) is 0 Å². The number of nitrogens with zero attached hydrogens (tertiary/aromatic N) is 1. The van der Waals surface area contributed by atoms with Crippen LogP contribution in [0.4, 0.5) is 0 Å². The molecule has 1 aliphatic heterocycles. The molecule has 1 atom stereocenters. The van der Waals surface area contributed by atoms with Crippen LogP contribution in [-0.2, 0) is 14.4 Å². The summed E-state index contributed by atoms with van der Waals surface area (Å²) in [7, 11) is 0. The third kappa shape index (κ3) is 3.89. The van der Waals surface area contributed by atoms with Crippen LogP contribution in [0.2, 0.25) is 10.0 Å². The highest BCUT2D eigenvalue weighted by molar-refractivity contribution is 8.26. The van der Waals surface area contributed by atoms with Crippen LogP contribution in [-0.4, -0.2) is 43.3 Å². The molecule has 0 radical (unpaired) electrons. The summed E-state index contributed by atoms with van der Waals surface area (Å²) in [6.07, 6.45) is 0.644. The van der Waals surface area contributed by atoms with Crippen LogP contribution in [0.25, 0.3) is 6.08 Å². The maximum Gasteiger partial charge on any atom is 0.327 e. The molecule has 0 spiro atoms. The Kier molecular flexibility index (Phi) is 5.87. The Morgan fingerprint density at radius 1 is 1.29 bits per heavy atom. The zero-order chi connectivity index (χ0) is 18.0. The molecule has 126 valence electrons. The van der Waals surface area contributed by atoms with Gasteiger partial charge in [-0.1, -0.05) is 53.2 Å². The number of carbonyl (C=O) groups excluding carboxylic acids is 1. The van der Waals surface area contributed by atoms with E-state index in [0.717, 1.165) is 16.7 Å². The predicted octanol–water partition coefficient (Wildman–Crippen LogP) is 3.12. The van der Waals surface area contributed by atoms with Crippen molar-refractivity contribution in [1.29, 1.82) is 0 Å². The van der Waals surface area contributed by atoms with E-state index in [1.165, 1.54) is 6.08 Å². The van der Waals surface area contributed by atoms with E-state index in [1.54, 1.807) is 18.2 Å². The number of aliphatic carboxylic acids is 2. The maximum atomic E-state index is 12.5. The summed E-state index contributed by atoms with van der Waals surface area (Å²) in [6.45, 7) is 0. The van der Waals surface area contributed by atoms with Gasteiger partial charge in [0.25, 0.3) is 5.91 Å². The van der Waals surface area contributed by atoms with Crippen LogP contribution in [0.3, 0.4) is 0 Å². The monoisotopic (exact) mass is 405 g/mol. The number of halogens is 2. The molecule has 1 amide bonds. The summed E-state index contributed by atoms with van der Waals surface area (Å²) in [6, 6.07) is 3.23. The lowest BCUT2D eigenvalue weighted by molar-refractivity contribution is -0.150. The lowest BCUT2D eigenvalue weighted by Gasteiger charge is -2.21. The van der Waals surface area contributed by atoms with Crippen molar-refractivity contribution >= 4 is 75.4 Å². The fourth-order valence-electron chi connectivity index (χ4n) is 1.98. The first kappa shape index (κ1) is 18.7. The maximum absolute atomic E-state index is 12.5. The third-order valence-electron chi connectivity index (χ3n) is 3.06. The van der Waals surface area contributed by atoms with Gasteiger partial charge in [-0.3, -0.25) is 14.5 Å². The van der Waals surface area contributed by atoms with Gasteiger partial charge in [0.15, 0.2) is 0 Å². The Labute approximate surface area is 156 Å². The third-order valence-corrected chi connectivity index (χ3v) is 5.05. The molecule has 1 fully saturated rings. The minimum absolute atomic E-state index is 0.0388. The van der Waals surface area contributed by atoms with Crippen molar-refractivity contribution in [3.8, 4) is 0 Å². The van der Waals surface area contributed by atoms with E-state index in [2.05, 4.69) is 0 Å². The van der Waals surface area contributed by atoms with Crippen LogP contribution in [0.15, 0.2) is 23.1 Å². The average Bonchev–Trinajstić information content (AvgIpc) is 2.75. The minimum Gasteiger partial charge on any atom is -0.481 e. The number of thiocarbonyl (C=S) groups is 1. The molecule has 24 heavy (non-hydrogen) atoms. The fraction of sp³-hybridized carbons (Fsp3) is 0.143. The molecular formula is C14H9Cl2NO5S2. The van der Waals surface area contributed by atoms with E-state index in [4.69, 9.17) is 40.5 Å². The average molecular weight is 406 g/mol. The zero-order valence-electron chi connectivity index (χ0n) is 11.7. The molecule has 2 rings (SSSR count). The van der Waals surface area contributed by atoms with Crippen molar-refractivity contribution in [3.63, 3.8) is 0 Å². The number of rotatable bonds is 5. The van der Waals surface area contributed by atoms with Crippen LogP contribution in [0, 0.1) is 0 Å². The number of carboxylic acids is 2. The van der Waals surface area contributed by atoms with Gasteiger partial charge in [-0.2, -0.15) is 0 Å². The van der Waals surface area contributed by atoms with Crippen LogP contribution >= 0.6 is 47.2 Å². The fourth-order valence-corrected chi connectivity index (χ4v) is 3.83. The van der Waals surface area contributed by atoms with Gasteiger partial charge in [0.05, 0.1) is 11.3 Å². The van der Waals surface area contributed by atoms with E-state index in [9.17, 15) is 19.5 Å². The Morgan fingerprint density at radius 2 is 1.88 bits per heavy atom. The minimum atomic E-state index is -1.58. The van der Waals surface area contributed by atoms with E-state index >= 15 is 0 Å². The SMILES string of the molecule is O=C(O)CC(C(=O)O)N1C(=O)C(=Cc2c(Cl)cccc2Cl)SC1=S. The van der Waals surface area contributed by atoms with Crippen LogP contribution < -0.4 is 0 Å². The largest absolute Gasteiger partial charge is 0.481 e. The lowest BCUT2D eigenvalue weighted by Crippen LogP contribution is -2.45. The van der Waals surface area contributed by atoms with Gasteiger partial charge in [-0.15, -0.1) is 0 Å². The Morgan fingerprint density at radius 3 is 2.38 bits per heavy atom. The molecule has 1 aromatic rings. The number of amides is 1. The molecule has 1 aromatic carbocycles. The van der Waals surface area contributed by atoms with Gasteiger partial charge < -0.3 is 10.2 Å². The quantitative estimate of drug-likeness (QED) is 0.573. The summed E-state index contributed by atoms with van der Waals surface area (Å²) < 4.78 is -0.0388. The molecule has 10 heteroatoms. The molecule has 1 heterocycles. The standard InChI is InChI=1S/C14H9Cl2NO5S2/c15-7-2-1-3-8(16)6(7)4-10-12(20)17(14(23)24-10)9(13(21)22)5-11(18)19/h1-4,9H,5H2,(H,18,19)(H,21,22). The number of thioether (sulfide) groups is 1. The van der Waals surface area contributed by atoms with Gasteiger partial charge >= 0.3 is 11.9 Å². The highest BCUT2D eigenvalue weighted by atomic mass is 35.5. The Hall–Kier alpha value is -1.61. The number of benzene rings is 1. The molecule has 0 saturated carbocycles. The topological polar surface area (TPSA) is 94.9 Å². The molecule has 1 saturated heterocycles. The molecule has 0 aliphatic carbocycles. The molecule has 1 aliphatic rings. The van der Waals surface area contributed by atoms with Gasteiger partial charge in [-0.05, 0) is 18.2 Å². The summed E-state index contributed by atoms with van der Waals surface area (Å²) in [4.78, 5) is 35.5. The summed E-state index contributed by atoms with van der Waals surface area (Å²) >= 11 is 18.0. The first-order valence-corrected chi connectivity index (χ1v) is 8.36. The summed E-state index contributed by atoms with van der Waals surface area (Å²) in [5, 5.41) is 18.7. The highest BCUT2D eigenvalue weighted by Crippen LogP contribution is 2.37. The molecular weight excluding hydrogens is 397 g/mol. The van der Waals surface area contributed by atoms with E-state index < -0.39 is 30.3 Å². The second kappa shape index (κ2) is 7.52. The van der Waals surface area contributed by atoms with Gasteiger partial charge in [0, 0.05) is 15.6 Å². The van der Waals surface area contributed by atoms with Crippen molar-refractivity contribution in [2.75, 3.05) is 0 Å².